The van der Waals surface area contributed by atoms with Gasteiger partial charge in [-0.1, -0.05) is 11.8 Å². The van der Waals surface area contributed by atoms with Gasteiger partial charge in [-0.05, 0) is 10.4 Å². The maximum Gasteiger partial charge on any atom is 0.416 e. The number of tetrazole rings is 1. The Balaban J connectivity index is 1.91. The third kappa shape index (κ3) is 3.19. The summed E-state index contributed by atoms with van der Waals surface area (Å²) in [5.74, 6) is -1.60. The van der Waals surface area contributed by atoms with Gasteiger partial charge in [0, 0.05) is 0 Å². The van der Waals surface area contributed by atoms with E-state index in [0.717, 1.165) is 21.3 Å². The molecule has 1 aliphatic heterocycles. The molecule has 0 saturated carbocycles. The second-order valence-electron chi connectivity index (χ2n) is 3.46. The number of aromatic nitrogens is 4. The van der Waals surface area contributed by atoms with Gasteiger partial charge in [0.05, 0.1) is 12.3 Å². The largest absolute Gasteiger partial charge is 0.480 e. The molecule has 1 aromatic rings. The fourth-order valence-corrected chi connectivity index (χ4v) is 2.10. The van der Waals surface area contributed by atoms with Crippen LogP contribution in [-0.4, -0.2) is 67.1 Å². The van der Waals surface area contributed by atoms with Crippen LogP contribution in [0.25, 0.3) is 0 Å². The summed E-state index contributed by atoms with van der Waals surface area (Å²) in [5.41, 5.74) is 0. The second kappa shape index (κ2) is 5.65. The van der Waals surface area contributed by atoms with Crippen LogP contribution in [0.5, 0.6) is 0 Å². The molecule has 0 atom stereocenters. The Morgan fingerprint density at radius 1 is 1.47 bits per heavy atom. The Bertz CT molecular complexity index is 517. The lowest BCUT2D eigenvalue weighted by Gasteiger charge is -2.09. The Kier molecular flexibility index (Phi) is 3.94. The number of ether oxygens (including phenoxy) is 1. The lowest BCUT2D eigenvalue weighted by molar-refractivity contribution is -0.138. The molecule has 1 N–H and O–H groups in total. The van der Waals surface area contributed by atoms with Gasteiger partial charge < -0.3 is 9.84 Å². The van der Waals surface area contributed by atoms with Crippen LogP contribution in [0, 0.1) is 0 Å². The van der Waals surface area contributed by atoms with E-state index in [4.69, 9.17) is 5.11 Å². The van der Waals surface area contributed by atoms with Gasteiger partial charge in [-0.25, -0.2) is 14.4 Å². The van der Waals surface area contributed by atoms with Crippen molar-refractivity contribution < 1.29 is 24.2 Å². The second-order valence-corrected chi connectivity index (χ2v) is 4.40. The highest BCUT2D eigenvalue weighted by atomic mass is 32.2. The molecule has 1 aliphatic rings. The lowest BCUT2D eigenvalue weighted by atomic mass is 10.5. The molecular weight excluding hydrogens is 278 g/mol. The van der Waals surface area contributed by atoms with Crippen molar-refractivity contribution in [3.8, 4) is 0 Å². The topological polar surface area (TPSA) is 128 Å². The molecule has 0 aliphatic carbocycles. The van der Waals surface area contributed by atoms with Gasteiger partial charge in [0.2, 0.25) is 11.1 Å². The molecule has 2 amide bonds. The number of nitrogens with zero attached hydrogens (tertiary/aromatic N) is 5. The SMILES string of the molecule is O=C(O)Cn1nnnc1SCC(=O)N1CCOC1=O. The minimum absolute atomic E-state index is 0.0743. The Hall–Kier alpha value is -2.17. The van der Waals surface area contributed by atoms with E-state index in [1.165, 1.54) is 0 Å². The van der Waals surface area contributed by atoms with E-state index in [1.54, 1.807) is 0 Å². The van der Waals surface area contributed by atoms with Crippen molar-refractivity contribution in [3.63, 3.8) is 0 Å². The fourth-order valence-electron chi connectivity index (χ4n) is 1.35. The average molecular weight is 287 g/mol. The Morgan fingerprint density at radius 3 is 2.89 bits per heavy atom. The minimum atomic E-state index is -1.09. The summed E-state index contributed by atoms with van der Waals surface area (Å²) in [6.07, 6.45) is -0.671. The zero-order chi connectivity index (χ0) is 13.8. The van der Waals surface area contributed by atoms with Crippen molar-refractivity contribution in [2.45, 2.75) is 11.7 Å². The van der Waals surface area contributed by atoms with Gasteiger partial charge in [-0.2, -0.15) is 0 Å². The number of carboxylic acid groups (broad SMARTS) is 1. The molecule has 2 heterocycles. The van der Waals surface area contributed by atoms with E-state index < -0.39 is 24.5 Å². The van der Waals surface area contributed by atoms with Crippen LogP contribution in [0.4, 0.5) is 4.79 Å². The first-order chi connectivity index (χ1) is 9.08. The molecule has 0 unspecified atom stereocenters. The van der Waals surface area contributed by atoms with Gasteiger partial charge in [0.1, 0.15) is 13.2 Å². The standard InChI is InChI=1S/C8H9N5O5S/c14-5(12-1-2-18-8(12)17)4-19-7-9-10-11-13(7)3-6(15)16/h1-4H2,(H,15,16). The van der Waals surface area contributed by atoms with E-state index in [2.05, 4.69) is 20.3 Å². The van der Waals surface area contributed by atoms with Crippen molar-refractivity contribution in [2.24, 2.45) is 0 Å². The number of amides is 2. The molecule has 2 rings (SSSR count). The number of carbonyl (C=O) groups excluding carboxylic acids is 2. The number of thioether (sulfide) groups is 1. The number of imide groups is 1. The summed E-state index contributed by atoms with van der Waals surface area (Å²) in [4.78, 5) is 34.4. The van der Waals surface area contributed by atoms with Gasteiger partial charge in [0.15, 0.2) is 0 Å². The third-order valence-corrected chi connectivity index (χ3v) is 3.11. The number of carboxylic acids is 1. The van der Waals surface area contributed by atoms with Crippen LogP contribution in [0.2, 0.25) is 0 Å². The van der Waals surface area contributed by atoms with Gasteiger partial charge in [-0.3, -0.25) is 9.59 Å². The summed E-state index contributed by atoms with van der Waals surface area (Å²) < 4.78 is 5.69. The quantitative estimate of drug-likeness (QED) is 0.666. The molecule has 0 aromatic carbocycles. The van der Waals surface area contributed by atoms with E-state index in [1.807, 2.05) is 0 Å². The van der Waals surface area contributed by atoms with Crippen molar-refractivity contribution in [2.75, 3.05) is 18.9 Å². The Morgan fingerprint density at radius 2 is 2.26 bits per heavy atom. The number of cyclic esters (lactones) is 1. The molecular formula is C8H9N5O5S. The number of rotatable bonds is 5. The van der Waals surface area contributed by atoms with Gasteiger partial charge >= 0.3 is 12.1 Å². The Labute approximate surface area is 110 Å². The highest BCUT2D eigenvalue weighted by Gasteiger charge is 2.28. The predicted octanol–water partition coefficient (Wildman–Crippen LogP) is -1.17. The number of hydrogen-bond donors (Lipinski definition) is 1. The average Bonchev–Trinajstić information content (AvgIpc) is 2.94. The summed E-state index contributed by atoms with van der Waals surface area (Å²) in [7, 11) is 0. The van der Waals surface area contributed by atoms with E-state index in [9.17, 15) is 14.4 Å². The molecule has 10 nitrogen and oxygen atoms in total. The van der Waals surface area contributed by atoms with E-state index in [-0.39, 0.29) is 24.1 Å². The van der Waals surface area contributed by atoms with E-state index >= 15 is 0 Å². The summed E-state index contributed by atoms with van der Waals surface area (Å²) >= 11 is 0.957. The highest BCUT2D eigenvalue weighted by Crippen LogP contribution is 2.15. The van der Waals surface area contributed by atoms with Crippen molar-refractivity contribution in [3.05, 3.63) is 0 Å². The molecule has 11 heteroatoms. The zero-order valence-electron chi connectivity index (χ0n) is 9.55. The van der Waals surface area contributed by atoms with Crippen molar-refractivity contribution >= 4 is 29.7 Å². The maximum atomic E-state index is 11.7. The molecule has 0 bridgehead atoms. The summed E-state index contributed by atoms with van der Waals surface area (Å²) in [6, 6.07) is 0. The van der Waals surface area contributed by atoms with Crippen molar-refractivity contribution in [1.82, 2.24) is 25.1 Å². The predicted molar refractivity (Wildman–Crippen MR) is 59.2 cm³/mol. The van der Waals surface area contributed by atoms with E-state index in [0.29, 0.717) is 0 Å². The first-order valence-corrected chi connectivity index (χ1v) is 6.14. The van der Waals surface area contributed by atoms with Gasteiger partial charge in [0.25, 0.3) is 0 Å². The zero-order valence-corrected chi connectivity index (χ0v) is 10.4. The minimum Gasteiger partial charge on any atom is -0.480 e. The van der Waals surface area contributed by atoms with Crippen molar-refractivity contribution in [1.29, 1.82) is 0 Å². The first-order valence-electron chi connectivity index (χ1n) is 5.16. The number of carbonyl (C=O) groups is 3. The van der Waals surface area contributed by atoms with Gasteiger partial charge in [-0.15, -0.1) is 5.10 Å². The molecule has 1 aromatic heterocycles. The lowest BCUT2D eigenvalue weighted by Crippen LogP contribution is -2.33. The van der Waals surface area contributed by atoms with Crippen LogP contribution in [-0.2, 0) is 20.9 Å². The van der Waals surface area contributed by atoms with Crippen LogP contribution in [0.15, 0.2) is 5.16 Å². The monoisotopic (exact) mass is 287 g/mol. The number of aliphatic carboxylic acids is 1. The molecule has 1 saturated heterocycles. The molecule has 19 heavy (non-hydrogen) atoms. The summed E-state index contributed by atoms with van der Waals surface area (Å²) in [5, 5.41) is 19.2. The fraction of sp³-hybridized carbons (Fsp3) is 0.500. The maximum absolute atomic E-state index is 11.7. The van der Waals surface area contributed by atoms with Crippen LogP contribution < -0.4 is 0 Å². The smallest absolute Gasteiger partial charge is 0.416 e. The van der Waals surface area contributed by atoms with Crippen LogP contribution >= 0.6 is 11.8 Å². The highest BCUT2D eigenvalue weighted by molar-refractivity contribution is 7.99. The summed E-state index contributed by atoms with van der Waals surface area (Å²) in [6.45, 7) is 0.0135. The molecule has 1 fully saturated rings. The first kappa shape index (κ1) is 13.3. The normalized spacial score (nSPS) is 14.5. The van der Waals surface area contributed by atoms with Crippen LogP contribution in [0.1, 0.15) is 0 Å². The molecule has 102 valence electrons. The number of hydrogen-bond acceptors (Lipinski definition) is 8. The van der Waals surface area contributed by atoms with Crippen LogP contribution in [0.3, 0.4) is 0 Å². The molecule has 0 radical (unpaired) electrons. The third-order valence-electron chi connectivity index (χ3n) is 2.17. The molecule has 0 spiro atoms.